The molecule has 4 rings (SSSR count). The Kier molecular flexibility index (Phi) is 6.46. The van der Waals surface area contributed by atoms with E-state index in [1.54, 1.807) is 12.1 Å². The Hall–Kier alpha value is -3.32. The van der Waals surface area contributed by atoms with Crippen LogP contribution in [0.1, 0.15) is 26.2 Å². The van der Waals surface area contributed by atoms with Gasteiger partial charge in [-0.15, -0.1) is 0 Å². The Labute approximate surface area is 195 Å². The summed E-state index contributed by atoms with van der Waals surface area (Å²) in [7, 11) is 0. The number of carbonyl (C=O) groups is 2. The van der Waals surface area contributed by atoms with Gasteiger partial charge >= 0.3 is 0 Å². The molecule has 7 heteroatoms. The molecule has 1 fully saturated rings. The zero-order valence-corrected chi connectivity index (χ0v) is 19.3. The summed E-state index contributed by atoms with van der Waals surface area (Å²) in [5.74, 6) is -0.793. The van der Waals surface area contributed by atoms with Crippen molar-refractivity contribution in [2.45, 2.75) is 31.7 Å². The summed E-state index contributed by atoms with van der Waals surface area (Å²) in [6, 6.07) is 25.6. The predicted molar refractivity (Wildman–Crippen MR) is 129 cm³/mol. The van der Waals surface area contributed by atoms with Gasteiger partial charge in [0.05, 0.1) is 17.1 Å². The van der Waals surface area contributed by atoms with Crippen molar-refractivity contribution in [2.75, 3.05) is 10.0 Å². The van der Waals surface area contributed by atoms with Crippen molar-refractivity contribution in [3.05, 3.63) is 89.4 Å². The third-order valence-electron chi connectivity index (χ3n) is 5.35. The second kappa shape index (κ2) is 9.44. The molecular weight excluding hydrogens is 468 g/mol. The Bertz CT molecular complexity index is 1060. The van der Waals surface area contributed by atoms with Crippen LogP contribution in [0.3, 0.4) is 0 Å². The molecular formula is C25H23BrN4O2. The van der Waals surface area contributed by atoms with Crippen molar-refractivity contribution in [3.8, 4) is 0 Å². The normalized spacial score (nSPS) is 15.7. The molecule has 1 saturated heterocycles. The number of azo groups is 1. The van der Waals surface area contributed by atoms with Crippen molar-refractivity contribution in [1.29, 1.82) is 0 Å². The Morgan fingerprint density at radius 3 is 1.75 bits per heavy atom. The zero-order chi connectivity index (χ0) is 22.6. The van der Waals surface area contributed by atoms with Crippen LogP contribution in [0.4, 0.5) is 17.1 Å². The van der Waals surface area contributed by atoms with E-state index in [1.165, 1.54) is 10.0 Å². The summed E-state index contributed by atoms with van der Waals surface area (Å²) in [5.41, 5.74) is 0.169. The van der Waals surface area contributed by atoms with Crippen molar-refractivity contribution < 1.29 is 9.59 Å². The third-order valence-corrected chi connectivity index (χ3v) is 5.88. The van der Waals surface area contributed by atoms with Crippen LogP contribution in [-0.4, -0.2) is 17.4 Å². The molecule has 1 aliphatic heterocycles. The number of para-hydroxylation sites is 2. The van der Waals surface area contributed by atoms with Crippen LogP contribution in [0.2, 0.25) is 0 Å². The monoisotopic (exact) mass is 490 g/mol. The SMILES string of the molecule is CCCCC1(N=Nc2ccc(Br)cc2)C(=O)N(c2ccccc2)N(c2ccccc2)C1=O. The van der Waals surface area contributed by atoms with E-state index < -0.39 is 17.4 Å². The van der Waals surface area contributed by atoms with Crippen LogP contribution < -0.4 is 10.0 Å². The maximum absolute atomic E-state index is 13.9. The lowest BCUT2D eigenvalue weighted by molar-refractivity contribution is -0.129. The van der Waals surface area contributed by atoms with Crippen molar-refractivity contribution in [2.24, 2.45) is 10.2 Å². The topological polar surface area (TPSA) is 65.3 Å². The number of benzene rings is 3. The quantitative estimate of drug-likeness (QED) is 0.281. The molecule has 3 aromatic rings. The largest absolute Gasteiger partial charge is 0.285 e. The number of amides is 2. The highest BCUT2D eigenvalue weighted by Gasteiger charge is 2.60. The van der Waals surface area contributed by atoms with E-state index in [-0.39, 0.29) is 6.42 Å². The van der Waals surface area contributed by atoms with Gasteiger partial charge in [0.15, 0.2) is 0 Å². The third kappa shape index (κ3) is 4.08. The number of unbranched alkanes of at least 4 members (excludes halogenated alkanes) is 1. The van der Waals surface area contributed by atoms with Crippen molar-refractivity contribution in [1.82, 2.24) is 0 Å². The number of hydrogen-bond acceptors (Lipinski definition) is 4. The number of carbonyl (C=O) groups excluding carboxylic acids is 2. The molecule has 0 radical (unpaired) electrons. The molecule has 2 amide bonds. The van der Waals surface area contributed by atoms with Crippen molar-refractivity contribution in [3.63, 3.8) is 0 Å². The van der Waals surface area contributed by atoms with E-state index >= 15 is 0 Å². The average Bonchev–Trinajstić information content (AvgIpc) is 3.05. The van der Waals surface area contributed by atoms with Crippen LogP contribution >= 0.6 is 15.9 Å². The molecule has 162 valence electrons. The van der Waals surface area contributed by atoms with Gasteiger partial charge in [-0.05, 0) is 55.0 Å². The number of anilines is 2. The zero-order valence-electron chi connectivity index (χ0n) is 17.7. The van der Waals surface area contributed by atoms with Crippen LogP contribution in [0.15, 0.2) is 99.6 Å². The number of nitrogens with zero attached hydrogens (tertiary/aromatic N) is 4. The average molecular weight is 491 g/mol. The molecule has 6 nitrogen and oxygen atoms in total. The van der Waals surface area contributed by atoms with Gasteiger partial charge in [0.2, 0.25) is 5.54 Å². The standard InChI is InChI=1S/C25H23BrN4O2/c1-2-3-18-25(28-27-20-16-14-19(26)15-17-20)23(31)29(21-10-6-4-7-11-21)30(24(25)32)22-12-8-5-9-13-22/h4-17H,2-3,18H2,1H3. The maximum atomic E-state index is 13.9. The van der Waals surface area contributed by atoms with Gasteiger partial charge in [-0.25, -0.2) is 10.0 Å². The van der Waals surface area contributed by atoms with Gasteiger partial charge in [-0.2, -0.15) is 10.2 Å². The van der Waals surface area contributed by atoms with E-state index in [0.717, 1.165) is 10.9 Å². The highest BCUT2D eigenvalue weighted by atomic mass is 79.9. The summed E-state index contributed by atoms with van der Waals surface area (Å²) in [5, 5.41) is 11.6. The first-order chi connectivity index (χ1) is 15.6. The Morgan fingerprint density at radius 1 is 0.781 bits per heavy atom. The molecule has 0 N–H and O–H groups in total. The first-order valence-corrected chi connectivity index (χ1v) is 11.3. The van der Waals surface area contributed by atoms with E-state index in [4.69, 9.17) is 0 Å². The lowest BCUT2D eigenvalue weighted by Crippen LogP contribution is -2.42. The van der Waals surface area contributed by atoms with Crippen LogP contribution in [0.25, 0.3) is 0 Å². The number of halogens is 1. The highest BCUT2D eigenvalue weighted by molar-refractivity contribution is 9.10. The first-order valence-electron chi connectivity index (χ1n) is 10.5. The van der Waals surface area contributed by atoms with Gasteiger partial charge in [0, 0.05) is 4.47 Å². The second-order valence-electron chi connectivity index (χ2n) is 7.55. The van der Waals surface area contributed by atoms with E-state index in [0.29, 0.717) is 23.5 Å². The van der Waals surface area contributed by atoms with E-state index in [9.17, 15) is 9.59 Å². The molecule has 0 atom stereocenters. The molecule has 1 heterocycles. The molecule has 0 aromatic heterocycles. The molecule has 1 aliphatic rings. The highest BCUT2D eigenvalue weighted by Crippen LogP contribution is 2.39. The fraction of sp³-hybridized carbons (Fsp3) is 0.200. The lowest BCUT2D eigenvalue weighted by atomic mass is 9.92. The van der Waals surface area contributed by atoms with E-state index in [1.807, 2.05) is 79.7 Å². The Balaban J connectivity index is 1.84. The van der Waals surface area contributed by atoms with E-state index in [2.05, 4.69) is 26.2 Å². The fourth-order valence-electron chi connectivity index (χ4n) is 3.66. The van der Waals surface area contributed by atoms with Gasteiger partial charge < -0.3 is 0 Å². The Morgan fingerprint density at radius 2 is 1.28 bits per heavy atom. The number of rotatable bonds is 7. The molecule has 0 aliphatic carbocycles. The predicted octanol–water partition coefficient (Wildman–Crippen LogP) is 6.46. The van der Waals surface area contributed by atoms with Gasteiger partial charge in [-0.3, -0.25) is 9.59 Å². The molecule has 3 aromatic carbocycles. The second-order valence-corrected chi connectivity index (χ2v) is 8.46. The molecule has 0 bridgehead atoms. The number of hydrogen-bond donors (Lipinski definition) is 0. The van der Waals surface area contributed by atoms with Gasteiger partial charge in [0.1, 0.15) is 0 Å². The lowest BCUT2D eigenvalue weighted by Gasteiger charge is -2.27. The summed E-state index contributed by atoms with van der Waals surface area (Å²) < 4.78 is 0.913. The minimum absolute atomic E-state index is 0.286. The van der Waals surface area contributed by atoms with Crippen LogP contribution in [0, 0.1) is 0 Å². The summed E-state index contributed by atoms with van der Waals surface area (Å²) in [4.78, 5) is 27.8. The summed E-state index contributed by atoms with van der Waals surface area (Å²) in [6.45, 7) is 2.02. The molecule has 0 unspecified atom stereocenters. The minimum Gasteiger partial charge on any atom is -0.269 e. The van der Waals surface area contributed by atoms with Gasteiger partial charge in [-0.1, -0.05) is 72.1 Å². The van der Waals surface area contributed by atoms with Crippen LogP contribution in [-0.2, 0) is 9.59 Å². The molecule has 32 heavy (non-hydrogen) atoms. The van der Waals surface area contributed by atoms with Crippen LogP contribution in [0.5, 0.6) is 0 Å². The number of hydrazine groups is 1. The fourth-order valence-corrected chi connectivity index (χ4v) is 3.92. The van der Waals surface area contributed by atoms with Gasteiger partial charge in [0.25, 0.3) is 11.8 Å². The summed E-state index contributed by atoms with van der Waals surface area (Å²) in [6.07, 6.45) is 1.78. The molecule has 0 saturated carbocycles. The minimum atomic E-state index is -1.62. The maximum Gasteiger partial charge on any atom is 0.285 e. The molecule has 0 spiro atoms. The smallest absolute Gasteiger partial charge is 0.269 e. The summed E-state index contributed by atoms with van der Waals surface area (Å²) >= 11 is 3.40. The first kappa shape index (κ1) is 21.9. The van der Waals surface area contributed by atoms with Crippen molar-refractivity contribution >= 4 is 44.8 Å².